The van der Waals surface area contributed by atoms with Gasteiger partial charge in [-0.3, -0.25) is 4.79 Å². The number of anilines is 1. The monoisotopic (exact) mass is 273 g/mol. The highest BCUT2D eigenvalue weighted by atomic mass is 32.1. The van der Waals surface area contributed by atoms with Crippen LogP contribution in [-0.2, 0) is 12.8 Å². The van der Waals surface area contributed by atoms with Crippen LogP contribution < -0.4 is 5.32 Å². The third-order valence-corrected chi connectivity index (χ3v) is 4.14. The van der Waals surface area contributed by atoms with Gasteiger partial charge in [0, 0.05) is 5.69 Å². The van der Waals surface area contributed by atoms with Crippen LogP contribution in [0, 0.1) is 6.92 Å². The molecule has 0 radical (unpaired) electrons. The molecule has 1 heterocycles. The third-order valence-electron chi connectivity index (χ3n) is 3.51. The molecule has 0 fully saturated rings. The topological polar surface area (TPSA) is 54.9 Å². The Labute approximate surface area is 116 Å². The van der Waals surface area contributed by atoms with Crippen molar-refractivity contribution in [3.05, 3.63) is 39.9 Å². The van der Waals surface area contributed by atoms with Gasteiger partial charge in [-0.05, 0) is 61.3 Å². The first-order valence-corrected chi connectivity index (χ1v) is 7.24. The molecule has 0 saturated heterocycles. The molecule has 2 aromatic rings. The molecule has 4 nitrogen and oxygen atoms in total. The van der Waals surface area contributed by atoms with Crippen molar-refractivity contribution in [2.24, 2.45) is 0 Å². The van der Waals surface area contributed by atoms with E-state index < -0.39 is 0 Å². The number of nitrogens with one attached hydrogen (secondary N) is 1. The van der Waals surface area contributed by atoms with E-state index >= 15 is 0 Å². The number of benzene rings is 1. The SMILES string of the molecule is Cc1snnc1C(=O)Nc1cccc2c1CCCC2. The zero-order valence-corrected chi connectivity index (χ0v) is 11.6. The number of nitrogens with zero attached hydrogens (tertiary/aromatic N) is 2. The smallest absolute Gasteiger partial charge is 0.277 e. The summed E-state index contributed by atoms with van der Waals surface area (Å²) in [4.78, 5) is 13.0. The fourth-order valence-electron chi connectivity index (χ4n) is 2.52. The van der Waals surface area contributed by atoms with Gasteiger partial charge >= 0.3 is 0 Å². The van der Waals surface area contributed by atoms with Gasteiger partial charge in [-0.25, -0.2) is 0 Å². The molecule has 1 aliphatic carbocycles. The summed E-state index contributed by atoms with van der Waals surface area (Å²) in [6, 6.07) is 6.13. The minimum Gasteiger partial charge on any atom is -0.320 e. The molecule has 0 bridgehead atoms. The quantitative estimate of drug-likeness (QED) is 0.915. The zero-order chi connectivity index (χ0) is 13.2. The highest BCUT2D eigenvalue weighted by Crippen LogP contribution is 2.28. The highest BCUT2D eigenvalue weighted by Gasteiger charge is 2.17. The first-order valence-electron chi connectivity index (χ1n) is 6.47. The van der Waals surface area contributed by atoms with Crippen LogP contribution in [0.25, 0.3) is 0 Å². The Kier molecular flexibility index (Phi) is 3.29. The van der Waals surface area contributed by atoms with Gasteiger partial charge in [-0.2, -0.15) is 0 Å². The Morgan fingerprint density at radius 2 is 2.16 bits per heavy atom. The summed E-state index contributed by atoms with van der Waals surface area (Å²) in [5.41, 5.74) is 3.99. The van der Waals surface area contributed by atoms with E-state index in [0.717, 1.165) is 23.4 Å². The normalized spacial score (nSPS) is 13.9. The van der Waals surface area contributed by atoms with Gasteiger partial charge in [0.05, 0.1) is 4.88 Å². The average molecular weight is 273 g/mol. The van der Waals surface area contributed by atoms with E-state index in [1.54, 1.807) is 0 Å². The molecule has 1 aromatic heterocycles. The lowest BCUT2D eigenvalue weighted by molar-refractivity contribution is 0.102. The molecule has 0 unspecified atom stereocenters. The van der Waals surface area contributed by atoms with Crippen molar-refractivity contribution in [1.82, 2.24) is 9.59 Å². The Balaban J connectivity index is 1.88. The van der Waals surface area contributed by atoms with Gasteiger partial charge in [0.1, 0.15) is 0 Å². The number of carbonyl (C=O) groups excluding carboxylic acids is 1. The summed E-state index contributed by atoms with van der Waals surface area (Å²) in [6.45, 7) is 1.86. The third kappa shape index (κ3) is 2.38. The Hall–Kier alpha value is -1.75. The molecule has 5 heteroatoms. The predicted octanol–water partition coefficient (Wildman–Crippen LogP) is 2.98. The molecule has 0 atom stereocenters. The lowest BCUT2D eigenvalue weighted by Crippen LogP contribution is -2.16. The summed E-state index contributed by atoms with van der Waals surface area (Å²) in [6.07, 6.45) is 4.58. The summed E-state index contributed by atoms with van der Waals surface area (Å²) < 4.78 is 3.80. The van der Waals surface area contributed by atoms with E-state index in [9.17, 15) is 4.79 Å². The average Bonchev–Trinajstić information content (AvgIpc) is 2.85. The maximum atomic E-state index is 12.2. The molecule has 19 heavy (non-hydrogen) atoms. The molecule has 3 rings (SSSR count). The van der Waals surface area contributed by atoms with Gasteiger partial charge in [0.15, 0.2) is 5.69 Å². The van der Waals surface area contributed by atoms with Crippen LogP contribution in [0.15, 0.2) is 18.2 Å². The number of amides is 1. The lowest BCUT2D eigenvalue weighted by Gasteiger charge is -2.19. The molecular weight excluding hydrogens is 258 g/mol. The number of hydrogen-bond donors (Lipinski definition) is 1. The van der Waals surface area contributed by atoms with Crippen LogP contribution >= 0.6 is 11.5 Å². The molecule has 1 aromatic carbocycles. The van der Waals surface area contributed by atoms with Crippen LogP contribution in [-0.4, -0.2) is 15.5 Å². The van der Waals surface area contributed by atoms with E-state index in [4.69, 9.17) is 0 Å². The lowest BCUT2D eigenvalue weighted by atomic mass is 9.90. The number of carbonyl (C=O) groups is 1. The van der Waals surface area contributed by atoms with E-state index in [1.807, 2.05) is 19.1 Å². The molecule has 0 spiro atoms. The van der Waals surface area contributed by atoms with Crippen molar-refractivity contribution in [2.75, 3.05) is 5.32 Å². The largest absolute Gasteiger partial charge is 0.320 e. The first kappa shape index (κ1) is 12.3. The second-order valence-electron chi connectivity index (χ2n) is 4.78. The Morgan fingerprint density at radius 1 is 1.32 bits per heavy atom. The van der Waals surface area contributed by atoms with Crippen molar-refractivity contribution in [3.8, 4) is 0 Å². The fourth-order valence-corrected chi connectivity index (χ4v) is 2.99. The minimum absolute atomic E-state index is 0.162. The van der Waals surface area contributed by atoms with Crippen LogP contribution in [0.5, 0.6) is 0 Å². The number of hydrogen-bond acceptors (Lipinski definition) is 4. The maximum absolute atomic E-state index is 12.2. The molecule has 0 aliphatic heterocycles. The minimum atomic E-state index is -0.162. The molecule has 1 N–H and O–H groups in total. The van der Waals surface area contributed by atoms with Crippen molar-refractivity contribution in [2.45, 2.75) is 32.6 Å². The Morgan fingerprint density at radius 3 is 2.95 bits per heavy atom. The molecular formula is C14H15N3OS. The second kappa shape index (κ2) is 5.09. The van der Waals surface area contributed by atoms with E-state index in [-0.39, 0.29) is 5.91 Å². The number of fused-ring (bicyclic) bond motifs is 1. The molecule has 1 amide bonds. The van der Waals surface area contributed by atoms with Gasteiger partial charge < -0.3 is 5.32 Å². The van der Waals surface area contributed by atoms with Crippen LogP contribution in [0.2, 0.25) is 0 Å². The van der Waals surface area contributed by atoms with Crippen molar-refractivity contribution in [3.63, 3.8) is 0 Å². The fraction of sp³-hybridized carbons (Fsp3) is 0.357. The highest BCUT2D eigenvalue weighted by molar-refractivity contribution is 7.05. The number of aryl methyl sites for hydroxylation is 2. The van der Waals surface area contributed by atoms with Gasteiger partial charge in [0.25, 0.3) is 5.91 Å². The summed E-state index contributed by atoms with van der Waals surface area (Å²) >= 11 is 1.25. The van der Waals surface area contributed by atoms with E-state index in [1.165, 1.54) is 35.5 Å². The van der Waals surface area contributed by atoms with E-state index in [2.05, 4.69) is 21.0 Å². The summed E-state index contributed by atoms with van der Waals surface area (Å²) in [7, 11) is 0. The summed E-state index contributed by atoms with van der Waals surface area (Å²) in [5.74, 6) is -0.162. The van der Waals surface area contributed by atoms with Crippen molar-refractivity contribution < 1.29 is 4.79 Å². The van der Waals surface area contributed by atoms with Crippen LogP contribution in [0.1, 0.15) is 39.3 Å². The second-order valence-corrected chi connectivity index (χ2v) is 5.74. The van der Waals surface area contributed by atoms with Crippen molar-refractivity contribution >= 4 is 23.1 Å². The Bertz CT molecular complexity index is 621. The van der Waals surface area contributed by atoms with Crippen LogP contribution in [0.3, 0.4) is 0 Å². The molecule has 0 saturated carbocycles. The standard InChI is InChI=1S/C14H15N3OS/c1-9-13(16-17-19-9)14(18)15-12-8-4-6-10-5-2-3-7-11(10)12/h4,6,8H,2-3,5,7H2,1H3,(H,15,18). The molecule has 98 valence electrons. The van der Waals surface area contributed by atoms with Gasteiger partial charge in [-0.1, -0.05) is 16.6 Å². The summed E-state index contributed by atoms with van der Waals surface area (Å²) in [5, 5.41) is 6.86. The predicted molar refractivity (Wildman–Crippen MR) is 75.7 cm³/mol. The maximum Gasteiger partial charge on any atom is 0.277 e. The van der Waals surface area contributed by atoms with E-state index in [0.29, 0.717) is 5.69 Å². The van der Waals surface area contributed by atoms with Gasteiger partial charge in [0.2, 0.25) is 0 Å². The molecule has 1 aliphatic rings. The van der Waals surface area contributed by atoms with Crippen molar-refractivity contribution in [1.29, 1.82) is 0 Å². The number of rotatable bonds is 2. The number of aromatic nitrogens is 2. The first-order chi connectivity index (χ1) is 9.25. The van der Waals surface area contributed by atoms with Gasteiger partial charge in [-0.15, -0.1) is 5.10 Å². The zero-order valence-electron chi connectivity index (χ0n) is 10.8. The van der Waals surface area contributed by atoms with Crippen LogP contribution in [0.4, 0.5) is 5.69 Å².